The fraction of sp³-hybridized carbons (Fsp3) is 0.588. The number of aliphatic imine (C=N–C) groups is 1. The van der Waals surface area contributed by atoms with E-state index < -0.39 is 0 Å². The van der Waals surface area contributed by atoms with E-state index in [1.807, 2.05) is 6.07 Å². The van der Waals surface area contributed by atoms with Gasteiger partial charge in [-0.05, 0) is 30.5 Å². The van der Waals surface area contributed by atoms with Crippen molar-refractivity contribution in [2.45, 2.75) is 18.3 Å². The topological polar surface area (TPSA) is 55.3 Å². The molecule has 0 atom stereocenters. The summed E-state index contributed by atoms with van der Waals surface area (Å²) in [4.78, 5) is 6.71. The monoisotopic (exact) mass is 397 g/mol. The van der Waals surface area contributed by atoms with Crippen LogP contribution in [-0.4, -0.2) is 57.5 Å². The standard InChI is InChI=1S/C17H23N3O3.BrH/c1-20-7-6-18-16(20)19-11-17(4-8-21-9-5-17)13-2-3-14-15(10-13)23-12-22-14;/h2-3,10H,4-9,11-12H2,1H3,(H,18,19);1H. The van der Waals surface area contributed by atoms with Crippen LogP contribution in [0.2, 0.25) is 0 Å². The molecule has 1 N–H and O–H groups in total. The molecular formula is C17H24BrN3O3. The lowest BCUT2D eigenvalue weighted by molar-refractivity contribution is 0.0512. The van der Waals surface area contributed by atoms with Gasteiger partial charge in [0.05, 0.1) is 6.54 Å². The SMILES string of the molecule is Br.CN1CCN=C1NCC1(c2ccc3c(c2)OCO3)CCOCC1. The highest BCUT2D eigenvalue weighted by Crippen LogP contribution is 2.40. The van der Waals surface area contributed by atoms with Crippen molar-refractivity contribution in [3.05, 3.63) is 23.8 Å². The second-order valence-electron chi connectivity index (χ2n) is 6.44. The van der Waals surface area contributed by atoms with Crippen LogP contribution >= 0.6 is 17.0 Å². The molecule has 7 heteroatoms. The Hall–Kier alpha value is -1.47. The summed E-state index contributed by atoms with van der Waals surface area (Å²) >= 11 is 0. The molecule has 132 valence electrons. The lowest BCUT2D eigenvalue weighted by atomic mass is 9.74. The van der Waals surface area contributed by atoms with Gasteiger partial charge < -0.3 is 24.4 Å². The Morgan fingerprint density at radius 2 is 2.00 bits per heavy atom. The predicted octanol–water partition coefficient (Wildman–Crippen LogP) is 1.93. The van der Waals surface area contributed by atoms with Gasteiger partial charge in [0, 0.05) is 38.8 Å². The highest BCUT2D eigenvalue weighted by atomic mass is 79.9. The first-order valence-electron chi connectivity index (χ1n) is 8.24. The van der Waals surface area contributed by atoms with E-state index in [9.17, 15) is 0 Å². The number of guanidine groups is 1. The van der Waals surface area contributed by atoms with Crippen LogP contribution in [-0.2, 0) is 10.2 Å². The fourth-order valence-electron chi connectivity index (χ4n) is 3.53. The van der Waals surface area contributed by atoms with Crippen molar-refractivity contribution in [1.82, 2.24) is 10.2 Å². The third-order valence-electron chi connectivity index (χ3n) is 5.08. The van der Waals surface area contributed by atoms with E-state index >= 15 is 0 Å². The lowest BCUT2D eigenvalue weighted by Gasteiger charge is -2.38. The van der Waals surface area contributed by atoms with Gasteiger partial charge >= 0.3 is 0 Å². The zero-order valence-electron chi connectivity index (χ0n) is 13.9. The molecule has 0 aromatic heterocycles. The summed E-state index contributed by atoms with van der Waals surface area (Å²) in [7, 11) is 2.08. The fourth-order valence-corrected chi connectivity index (χ4v) is 3.53. The molecule has 3 aliphatic rings. The first kappa shape index (κ1) is 17.4. The van der Waals surface area contributed by atoms with Crippen molar-refractivity contribution in [3.63, 3.8) is 0 Å². The third kappa shape index (κ3) is 3.19. The smallest absolute Gasteiger partial charge is 0.231 e. The molecule has 4 rings (SSSR count). The number of nitrogens with one attached hydrogen (secondary N) is 1. The van der Waals surface area contributed by atoms with Crippen LogP contribution < -0.4 is 14.8 Å². The van der Waals surface area contributed by atoms with Gasteiger partial charge in [0.15, 0.2) is 17.5 Å². The summed E-state index contributed by atoms with van der Waals surface area (Å²) in [5, 5.41) is 3.56. The molecule has 1 fully saturated rings. The minimum atomic E-state index is 0. The number of nitrogens with zero attached hydrogens (tertiary/aromatic N) is 2. The number of rotatable bonds is 3. The Morgan fingerprint density at radius 1 is 1.21 bits per heavy atom. The van der Waals surface area contributed by atoms with Crippen LogP contribution in [0, 0.1) is 0 Å². The zero-order valence-corrected chi connectivity index (χ0v) is 15.6. The second kappa shape index (κ2) is 7.19. The zero-order chi connectivity index (χ0) is 15.7. The molecule has 0 aliphatic carbocycles. The summed E-state index contributed by atoms with van der Waals surface area (Å²) in [5.74, 6) is 2.68. The summed E-state index contributed by atoms with van der Waals surface area (Å²) in [6.07, 6.45) is 1.99. The van der Waals surface area contributed by atoms with E-state index in [4.69, 9.17) is 14.2 Å². The third-order valence-corrected chi connectivity index (χ3v) is 5.08. The normalized spacial score (nSPS) is 21.2. The first-order chi connectivity index (χ1) is 11.3. The second-order valence-corrected chi connectivity index (χ2v) is 6.44. The number of fused-ring (bicyclic) bond motifs is 1. The van der Waals surface area contributed by atoms with Gasteiger partial charge in [0.25, 0.3) is 0 Å². The van der Waals surface area contributed by atoms with Crippen molar-refractivity contribution in [2.75, 3.05) is 46.7 Å². The lowest BCUT2D eigenvalue weighted by Crippen LogP contribution is -2.47. The Kier molecular flexibility index (Phi) is 5.20. The minimum Gasteiger partial charge on any atom is -0.454 e. The molecule has 1 aromatic carbocycles. The molecule has 1 saturated heterocycles. The maximum Gasteiger partial charge on any atom is 0.231 e. The Balaban J connectivity index is 0.00000169. The number of ether oxygens (including phenoxy) is 3. The maximum absolute atomic E-state index is 5.61. The molecule has 0 bridgehead atoms. The molecule has 0 radical (unpaired) electrons. The predicted molar refractivity (Wildman–Crippen MR) is 97.6 cm³/mol. The van der Waals surface area contributed by atoms with Crippen LogP contribution in [0.4, 0.5) is 0 Å². The number of hydrogen-bond acceptors (Lipinski definition) is 6. The average molecular weight is 398 g/mol. The Morgan fingerprint density at radius 3 is 2.75 bits per heavy atom. The Labute approximate surface area is 152 Å². The van der Waals surface area contributed by atoms with Gasteiger partial charge in [0.2, 0.25) is 6.79 Å². The van der Waals surface area contributed by atoms with Crippen molar-refractivity contribution in [1.29, 1.82) is 0 Å². The van der Waals surface area contributed by atoms with E-state index in [0.29, 0.717) is 6.79 Å². The Bertz CT molecular complexity index is 617. The van der Waals surface area contributed by atoms with E-state index in [0.717, 1.165) is 63.1 Å². The van der Waals surface area contributed by atoms with Crippen LogP contribution in [0.5, 0.6) is 11.5 Å². The van der Waals surface area contributed by atoms with Crippen molar-refractivity contribution in [2.24, 2.45) is 4.99 Å². The quantitative estimate of drug-likeness (QED) is 0.844. The van der Waals surface area contributed by atoms with Gasteiger partial charge in [0.1, 0.15) is 0 Å². The van der Waals surface area contributed by atoms with Gasteiger partial charge in [-0.3, -0.25) is 4.99 Å². The number of hydrogen-bond donors (Lipinski definition) is 1. The highest BCUT2D eigenvalue weighted by molar-refractivity contribution is 8.93. The molecule has 0 spiro atoms. The molecule has 1 aromatic rings. The van der Waals surface area contributed by atoms with E-state index in [-0.39, 0.29) is 22.4 Å². The molecule has 3 aliphatic heterocycles. The summed E-state index contributed by atoms with van der Waals surface area (Å²) < 4.78 is 16.6. The van der Waals surface area contributed by atoms with Crippen molar-refractivity contribution >= 4 is 22.9 Å². The number of likely N-dealkylation sites (N-methyl/N-ethyl adjacent to an activating group) is 1. The highest BCUT2D eigenvalue weighted by Gasteiger charge is 2.36. The van der Waals surface area contributed by atoms with Crippen LogP contribution in [0.25, 0.3) is 0 Å². The van der Waals surface area contributed by atoms with E-state index in [2.05, 4.69) is 34.4 Å². The molecule has 0 saturated carbocycles. The number of halogens is 1. The molecule has 3 heterocycles. The maximum atomic E-state index is 5.61. The van der Waals surface area contributed by atoms with Crippen molar-refractivity contribution in [3.8, 4) is 11.5 Å². The van der Waals surface area contributed by atoms with Crippen LogP contribution in [0.1, 0.15) is 18.4 Å². The molecule has 0 unspecified atom stereocenters. The molecule has 6 nitrogen and oxygen atoms in total. The average Bonchev–Trinajstić information content (AvgIpc) is 3.21. The van der Waals surface area contributed by atoms with Gasteiger partial charge in [-0.2, -0.15) is 0 Å². The molecule has 0 amide bonds. The van der Waals surface area contributed by atoms with E-state index in [1.54, 1.807) is 0 Å². The van der Waals surface area contributed by atoms with Gasteiger partial charge in [-0.25, -0.2) is 0 Å². The van der Waals surface area contributed by atoms with Crippen LogP contribution in [0.15, 0.2) is 23.2 Å². The summed E-state index contributed by atoms with van der Waals surface area (Å²) in [5.41, 5.74) is 1.34. The summed E-state index contributed by atoms with van der Waals surface area (Å²) in [6.45, 7) is 4.62. The van der Waals surface area contributed by atoms with Crippen molar-refractivity contribution < 1.29 is 14.2 Å². The van der Waals surface area contributed by atoms with Gasteiger partial charge in [-0.1, -0.05) is 6.07 Å². The largest absolute Gasteiger partial charge is 0.454 e. The summed E-state index contributed by atoms with van der Waals surface area (Å²) in [6, 6.07) is 6.32. The van der Waals surface area contributed by atoms with Gasteiger partial charge in [-0.15, -0.1) is 17.0 Å². The molecule has 24 heavy (non-hydrogen) atoms. The van der Waals surface area contributed by atoms with Crippen LogP contribution in [0.3, 0.4) is 0 Å². The molecular weight excluding hydrogens is 374 g/mol. The number of benzene rings is 1. The first-order valence-corrected chi connectivity index (χ1v) is 8.24. The van der Waals surface area contributed by atoms with E-state index in [1.165, 1.54) is 5.56 Å². The minimum absolute atomic E-state index is 0.